The number of benzene rings is 1. The number of nitrogens with zero attached hydrogens (tertiary/aromatic N) is 1. The van der Waals surface area contributed by atoms with E-state index in [1.54, 1.807) is 12.3 Å². The summed E-state index contributed by atoms with van der Waals surface area (Å²) in [6.07, 6.45) is -7.68. The van der Waals surface area contributed by atoms with Crippen molar-refractivity contribution in [2.45, 2.75) is 19.3 Å². The number of aryl methyl sites for hydroxylation is 1. The average molecular weight is 380 g/mol. The van der Waals surface area contributed by atoms with Crippen molar-refractivity contribution >= 4 is 29.0 Å². The number of amides is 1. The number of alkyl halides is 6. The Morgan fingerprint density at radius 1 is 1.08 bits per heavy atom. The van der Waals surface area contributed by atoms with E-state index in [1.807, 2.05) is 5.32 Å². The number of thiazole rings is 1. The molecule has 2 rings (SSSR count). The lowest BCUT2D eigenvalue weighted by atomic mass is 10.1. The number of carbonyl (C=O) groups excluding carboxylic acids is 1. The largest absolute Gasteiger partial charge is 0.416 e. The van der Waals surface area contributed by atoms with Gasteiger partial charge in [0.05, 0.1) is 21.8 Å². The van der Waals surface area contributed by atoms with Crippen molar-refractivity contribution in [1.82, 2.24) is 4.98 Å². The zero-order valence-corrected chi connectivity index (χ0v) is 13.3. The third-order valence-corrected chi connectivity index (χ3v) is 3.69. The highest BCUT2D eigenvalue weighted by Gasteiger charge is 2.37. The Balaban J connectivity index is 2.25. The van der Waals surface area contributed by atoms with Crippen molar-refractivity contribution in [3.05, 3.63) is 51.5 Å². The topological polar surface area (TPSA) is 42.0 Å². The number of halogens is 6. The Bertz CT molecular complexity index is 775. The minimum Gasteiger partial charge on any atom is -0.322 e. The maximum Gasteiger partial charge on any atom is 0.416 e. The van der Waals surface area contributed by atoms with Crippen LogP contribution < -0.4 is 5.32 Å². The highest BCUT2D eigenvalue weighted by molar-refractivity contribution is 7.09. The molecule has 1 amide bonds. The molecule has 1 heterocycles. The smallest absolute Gasteiger partial charge is 0.322 e. The van der Waals surface area contributed by atoms with Crippen molar-refractivity contribution in [1.29, 1.82) is 0 Å². The molecule has 0 radical (unpaired) electrons. The van der Waals surface area contributed by atoms with Crippen LogP contribution in [0.3, 0.4) is 0 Å². The van der Waals surface area contributed by atoms with Crippen LogP contribution in [0.25, 0.3) is 6.08 Å². The number of hydrogen-bond donors (Lipinski definition) is 1. The standard InChI is InChI=1S/C15H10F6N2OS/c1-8-22-11(7-25-8)2-3-13(24)23-12-5-9(14(16,17)18)4-10(6-12)15(19,20)21/h2-7H,1H3,(H,23,24)/b3-2+. The molecule has 0 unspecified atom stereocenters. The molecular formula is C15H10F6N2OS. The molecule has 1 N–H and O–H groups in total. The van der Waals surface area contributed by atoms with Crippen molar-refractivity contribution in [3.63, 3.8) is 0 Å². The van der Waals surface area contributed by atoms with E-state index in [1.165, 1.54) is 17.4 Å². The van der Waals surface area contributed by atoms with Crippen LogP contribution in [0, 0.1) is 6.92 Å². The van der Waals surface area contributed by atoms with Crippen LogP contribution in [0.5, 0.6) is 0 Å². The Morgan fingerprint density at radius 3 is 2.08 bits per heavy atom. The molecule has 0 saturated heterocycles. The second kappa shape index (κ2) is 6.87. The summed E-state index contributed by atoms with van der Waals surface area (Å²) < 4.78 is 76.5. The molecule has 0 saturated carbocycles. The van der Waals surface area contributed by atoms with Crippen molar-refractivity contribution in [3.8, 4) is 0 Å². The molecule has 3 nitrogen and oxygen atoms in total. The van der Waals surface area contributed by atoms with E-state index in [4.69, 9.17) is 0 Å². The highest BCUT2D eigenvalue weighted by atomic mass is 32.1. The van der Waals surface area contributed by atoms with E-state index >= 15 is 0 Å². The van der Waals surface area contributed by atoms with Crippen LogP contribution in [0.4, 0.5) is 32.0 Å². The number of carbonyl (C=O) groups is 1. The highest BCUT2D eigenvalue weighted by Crippen LogP contribution is 2.37. The van der Waals surface area contributed by atoms with Gasteiger partial charge in [-0.25, -0.2) is 4.98 Å². The summed E-state index contributed by atoms with van der Waals surface area (Å²) in [7, 11) is 0. The first kappa shape index (κ1) is 19.0. The van der Waals surface area contributed by atoms with Crippen LogP contribution >= 0.6 is 11.3 Å². The summed E-state index contributed by atoms with van der Waals surface area (Å²) in [4.78, 5) is 15.8. The van der Waals surface area contributed by atoms with Gasteiger partial charge in [0, 0.05) is 17.1 Å². The van der Waals surface area contributed by atoms with E-state index in [2.05, 4.69) is 4.98 Å². The zero-order chi connectivity index (χ0) is 18.8. The molecule has 0 spiro atoms. The number of anilines is 1. The Labute approximate surface area is 142 Å². The number of rotatable bonds is 3. The van der Waals surface area contributed by atoms with Gasteiger partial charge in [-0.15, -0.1) is 11.3 Å². The molecule has 134 valence electrons. The maximum absolute atomic E-state index is 12.7. The number of nitrogens with one attached hydrogen (secondary N) is 1. The van der Waals surface area contributed by atoms with Crippen molar-refractivity contribution in [2.24, 2.45) is 0 Å². The molecule has 2 aromatic rings. The van der Waals surface area contributed by atoms with Crippen molar-refractivity contribution < 1.29 is 31.1 Å². The lowest BCUT2D eigenvalue weighted by molar-refractivity contribution is -0.143. The van der Waals surface area contributed by atoms with Gasteiger partial charge >= 0.3 is 12.4 Å². The van der Waals surface area contributed by atoms with Crippen LogP contribution in [-0.4, -0.2) is 10.9 Å². The quantitative estimate of drug-likeness (QED) is 0.592. The van der Waals surface area contributed by atoms with Gasteiger partial charge in [-0.1, -0.05) is 0 Å². The van der Waals surface area contributed by atoms with Crippen LogP contribution in [-0.2, 0) is 17.1 Å². The van der Waals surface area contributed by atoms with Crippen LogP contribution in [0.1, 0.15) is 21.8 Å². The molecule has 1 aromatic carbocycles. The first-order valence-electron chi connectivity index (χ1n) is 6.66. The molecule has 0 aliphatic rings. The van der Waals surface area contributed by atoms with Gasteiger partial charge < -0.3 is 5.32 Å². The fourth-order valence-electron chi connectivity index (χ4n) is 1.83. The molecule has 0 fully saturated rings. The van der Waals surface area contributed by atoms with E-state index < -0.39 is 35.1 Å². The third kappa shape index (κ3) is 5.31. The normalized spacial score (nSPS) is 12.6. The van der Waals surface area contributed by atoms with Crippen LogP contribution in [0.2, 0.25) is 0 Å². The number of hydrogen-bond acceptors (Lipinski definition) is 3. The van der Waals surface area contributed by atoms with Gasteiger partial charge in [0.2, 0.25) is 5.91 Å². The predicted octanol–water partition coefficient (Wildman–Crippen LogP) is 5.14. The van der Waals surface area contributed by atoms with E-state index in [9.17, 15) is 31.1 Å². The Hall–Kier alpha value is -2.36. The molecule has 1 aromatic heterocycles. The monoisotopic (exact) mass is 380 g/mol. The van der Waals surface area contributed by atoms with E-state index in [0.29, 0.717) is 17.8 Å². The van der Waals surface area contributed by atoms with E-state index in [-0.39, 0.29) is 6.07 Å². The second-order valence-corrected chi connectivity index (χ2v) is 5.97. The van der Waals surface area contributed by atoms with Crippen LogP contribution in [0.15, 0.2) is 29.7 Å². The summed E-state index contributed by atoms with van der Waals surface area (Å²) in [5, 5.41) is 4.38. The lowest BCUT2D eigenvalue weighted by Crippen LogP contribution is -2.14. The Morgan fingerprint density at radius 2 is 1.64 bits per heavy atom. The zero-order valence-electron chi connectivity index (χ0n) is 12.5. The molecule has 10 heteroatoms. The molecule has 0 aliphatic carbocycles. The van der Waals surface area contributed by atoms with Crippen molar-refractivity contribution in [2.75, 3.05) is 5.32 Å². The van der Waals surface area contributed by atoms with Gasteiger partial charge in [-0.3, -0.25) is 4.79 Å². The fourth-order valence-corrected chi connectivity index (χ4v) is 2.41. The fraction of sp³-hybridized carbons (Fsp3) is 0.200. The van der Waals surface area contributed by atoms with Gasteiger partial charge in [0.15, 0.2) is 0 Å². The summed E-state index contributed by atoms with van der Waals surface area (Å²) >= 11 is 1.33. The predicted molar refractivity (Wildman–Crippen MR) is 81.0 cm³/mol. The summed E-state index contributed by atoms with van der Waals surface area (Å²) in [5.74, 6) is -0.877. The minimum atomic E-state index is -4.98. The molecule has 0 aliphatic heterocycles. The molecular weight excluding hydrogens is 370 g/mol. The van der Waals surface area contributed by atoms with Gasteiger partial charge in [-0.05, 0) is 31.2 Å². The summed E-state index contributed by atoms with van der Waals surface area (Å²) in [6, 6.07) is 0.867. The second-order valence-electron chi connectivity index (χ2n) is 4.91. The van der Waals surface area contributed by atoms with Gasteiger partial charge in [-0.2, -0.15) is 26.3 Å². The average Bonchev–Trinajstić information content (AvgIpc) is 2.89. The maximum atomic E-state index is 12.7. The summed E-state index contributed by atoms with van der Waals surface area (Å²) in [6.45, 7) is 1.74. The van der Waals surface area contributed by atoms with Gasteiger partial charge in [0.25, 0.3) is 0 Å². The Kier molecular flexibility index (Phi) is 5.21. The minimum absolute atomic E-state index is 0.0104. The molecule has 25 heavy (non-hydrogen) atoms. The molecule has 0 bridgehead atoms. The van der Waals surface area contributed by atoms with E-state index in [0.717, 1.165) is 11.1 Å². The van der Waals surface area contributed by atoms with Gasteiger partial charge in [0.1, 0.15) is 0 Å². The summed E-state index contributed by atoms with van der Waals surface area (Å²) in [5.41, 5.74) is -3.16. The lowest BCUT2D eigenvalue weighted by Gasteiger charge is -2.14. The molecule has 0 atom stereocenters. The SMILES string of the molecule is Cc1nc(/C=C/C(=O)Nc2cc(C(F)(F)F)cc(C(F)(F)F)c2)cs1. The third-order valence-electron chi connectivity index (χ3n) is 2.90. The number of aromatic nitrogens is 1. The first-order chi connectivity index (χ1) is 11.4. The first-order valence-corrected chi connectivity index (χ1v) is 7.54.